The highest BCUT2D eigenvalue weighted by atomic mass is 35.5. The van der Waals surface area contributed by atoms with Crippen molar-refractivity contribution in [3.63, 3.8) is 0 Å². The standard InChI is InChI=1S/C30H33ClN4O10.C25H25ClN4O8/c1-30(2,3)45-29(41)33-17-7-8-19(31)22(15-17)43-14-13-42-12-11-32-24(37)16-44-21-6-4-5-18-25(21)28(40)35(27(18)39)20-9-10-23(36)34-26(20)38;26-16-5-4-14(27)12-19(16)37-11-10-36-9-8-28-21(32)13-38-18-3-1-2-15-22(18)25(35)30(24(15)34)17-6-7-20(31)29-23(17)33/h4-8,15,20H,9-14,16H2,1-3H3,(H,32,37)(H,33,41)(H,34,36,38);1-5,12,17H,6-11,13,27H2,(H,28,32)(H,29,31,33). The highest BCUT2D eigenvalue weighted by molar-refractivity contribution is 6.32. The molecule has 0 spiro atoms. The number of ether oxygens (including phenoxy) is 7. The summed E-state index contributed by atoms with van der Waals surface area (Å²) in [6.07, 6.45) is -0.532. The molecule has 4 heterocycles. The summed E-state index contributed by atoms with van der Waals surface area (Å²) in [5, 5.41) is 12.9. The summed E-state index contributed by atoms with van der Waals surface area (Å²) in [7, 11) is 0. The van der Waals surface area contributed by atoms with E-state index in [-0.39, 0.29) is 112 Å². The van der Waals surface area contributed by atoms with E-state index in [0.717, 1.165) is 9.80 Å². The van der Waals surface area contributed by atoms with E-state index < -0.39 is 96.1 Å². The summed E-state index contributed by atoms with van der Waals surface area (Å²) in [6, 6.07) is 16.2. The van der Waals surface area contributed by atoms with E-state index in [0.29, 0.717) is 32.9 Å². The maximum Gasteiger partial charge on any atom is 0.412 e. The van der Waals surface area contributed by atoms with Gasteiger partial charge < -0.3 is 49.5 Å². The van der Waals surface area contributed by atoms with Crippen LogP contribution in [0.5, 0.6) is 23.0 Å². The number of nitrogens with two attached hydrogens (primary N) is 1. The van der Waals surface area contributed by atoms with Gasteiger partial charge in [0.25, 0.3) is 35.4 Å². The van der Waals surface area contributed by atoms with Gasteiger partial charge in [-0.25, -0.2) is 4.79 Å². The molecule has 0 radical (unpaired) electrons. The number of halogens is 2. The molecule has 4 aromatic rings. The number of hydrogen-bond donors (Lipinski definition) is 6. The number of nitrogens with one attached hydrogen (secondary N) is 5. The van der Waals surface area contributed by atoms with Crippen LogP contribution in [-0.2, 0) is 43.0 Å². The average Bonchev–Trinajstić information content (AvgIpc) is 4.06. The smallest absolute Gasteiger partial charge is 0.412 e. The van der Waals surface area contributed by atoms with Gasteiger partial charge in [-0.1, -0.05) is 35.3 Å². The fraction of sp³-hybridized carbons (Fsp3) is 0.364. The molecule has 440 valence electrons. The molecule has 0 bridgehead atoms. The molecule has 11 amide bonds. The number of amides is 11. The van der Waals surface area contributed by atoms with Gasteiger partial charge in [0.2, 0.25) is 23.6 Å². The van der Waals surface area contributed by atoms with Crippen molar-refractivity contribution < 1.29 is 85.9 Å². The molecular weight excluding hydrogens is 1130 g/mol. The molecular formula is C55H58Cl2N8O18. The Morgan fingerprint density at radius 1 is 0.578 bits per heavy atom. The fourth-order valence-electron chi connectivity index (χ4n) is 8.49. The first-order valence-corrected chi connectivity index (χ1v) is 26.6. The van der Waals surface area contributed by atoms with Crippen molar-refractivity contribution in [2.24, 2.45) is 0 Å². The van der Waals surface area contributed by atoms with Gasteiger partial charge in [-0.2, -0.15) is 0 Å². The lowest BCUT2D eigenvalue weighted by atomic mass is 10.0. The molecule has 2 fully saturated rings. The normalized spacial score (nSPS) is 16.4. The molecule has 4 aliphatic heterocycles. The summed E-state index contributed by atoms with van der Waals surface area (Å²) in [5.74, 6) is -5.24. The second kappa shape index (κ2) is 28.2. The van der Waals surface area contributed by atoms with Gasteiger partial charge in [0.1, 0.15) is 53.9 Å². The monoisotopic (exact) mass is 1190 g/mol. The van der Waals surface area contributed by atoms with Crippen LogP contribution in [0.25, 0.3) is 0 Å². The molecule has 83 heavy (non-hydrogen) atoms. The largest absolute Gasteiger partial charge is 0.490 e. The lowest BCUT2D eigenvalue weighted by Gasteiger charge is -2.27. The number of carbonyl (C=O) groups is 11. The van der Waals surface area contributed by atoms with Crippen molar-refractivity contribution in [2.45, 2.75) is 64.1 Å². The van der Waals surface area contributed by atoms with Crippen LogP contribution in [0.1, 0.15) is 87.9 Å². The average molecular weight is 1190 g/mol. The van der Waals surface area contributed by atoms with Crippen LogP contribution < -0.4 is 51.3 Å². The Hall–Kier alpha value is -8.85. The number of hydrogen-bond acceptors (Lipinski definition) is 19. The first-order valence-electron chi connectivity index (χ1n) is 25.8. The Morgan fingerprint density at radius 3 is 1.49 bits per heavy atom. The number of piperidine rings is 2. The van der Waals surface area contributed by atoms with Gasteiger partial charge in [0.05, 0.1) is 58.7 Å². The predicted octanol–water partition coefficient (Wildman–Crippen LogP) is 3.59. The molecule has 0 aromatic heterocycles. The third kappa shape index (κ3) is 16.4. The lowest BCUT2D eigenvalue weighted by molar-refractivity contribution is -0.137. The molecule has 0 saturated carbocycles. The van der Waals surface area contributed by atoms with E-state index in [1.807, 2.05) is 0 Å². The van der Waals surface area contributed by atoms with Crippen molar-refractivity contribution in [2.75, 3.05) is 77.0 Å². The molecule has 0 aliphatic carbocycles. The van der Waals surface area contributed by atoms with Gasteiger partial charge in [0.15, 0.2) is 13.2 Å². The number of rotatable bonds is 23. The van der Waals surface area contributed by atoms with Crippen molar-refractivity contribution in [3.05, 3.63) is 105 Å². The van der Waals surface area contributed by atoms with Crippen LogP contribution in [0.3, 0.4) is 0 Å². The van der Waals surface area contributed by atoms with E-state index in [9.17, 15) is 52.7 Å². The number of imide groups is 4. The lowest BCUT2D eigenvalue weighted by Crippen LogP contribution is -2.54. The van der Waals surface area contributed by atoms with Crippen molar-refractivity contribution in [3.8, 4) is 23.0 Å². The van der Waals surface area contributed by atoms with E-state index in [1.54, 1.807) is 57.2 Å². The van der Waals surface area contributed by atoms with E-state index in [2.05, 4.69) is 26.6 Å². The molecule has 8 rings (SSSR count). The van der Waals surface area contributed by atoms with Crippen LogP contribution in [0.2, 0.25) is 10.0 Å². The number of nitrogens with zero attached hydrogens (tertiary/aromatic N) is 2. The number of anilines is 2. The molecule has 4 aliphatic rings. The van der Waals surface area contributed by atoms with E-state index in [1.165, 1.54) is 36.4 Å². The van der Waals surface area contributed by atoms with Crippen LogP contribution in [0, 0.1) is 0 Å². The zero-order valence-corrected chi connectivity index (χ0v) is 46.6. The Kier molecular flexibility index (Phi) is 21.0. The second-order valence-corrected chi connectivity index (χ2v) is 20.2. The van der Waals surface area contributed by atoms with Gasteiger partial charge in [-0.15, -0.1) is 0 Å². The highest BCUT2D eigenvalue weighted by Crippen LogP contribution is 2.36. The Labute approximate surface area is 484 Å². The van der Waals surface area contributed by atoms with Crippen LogP contribution in [0.4, 0.5) is 16.2 Å². The summed E-state index contributed by atoms with van der Waals surface area (Å²) in [5.41, 5.74) is 6.05. The Morgan fingerprint density at radius 2 is 1.04 bits per heavy atom. The molecule has 2 unspecified atom stereocenters. The predicted molar refractivity (Wildman–Crippen MR) is 293 cm³/mol. The molecule has 2 atom stereocenters. The minimum atomic E-state index is -1.11. The fourth-order valence-corrected chi connectivity index (χ4v) is 8.84. The number of fused-ring (bicyclic) bond motifs is 2. The van der Waals surface area contributed by atoms with Crippen molar-refractivity contribution >= 4 is 99.7 Å². The Balaban J connectivity index is 0.000000242. The zero-order valence-electron chi connectivity index (χ0n) is 45.1. The molecule has 4 aromatic carbocycles. The van der Waals surface area contributed by atoms with Crippen molar-refractivity contribution in [1.29, 1.82) is 0 Å². The zero-order chi connectivity index (χ0) is 60.0. The van der Waals surface area contributed by atoms with E-state index in [4.69, 9.17) is 62.1 Å². The number of nitrogen functional groups attached to an aromatic ring is 1. The second-order valence-electron chi connectivity index (χ2n) is 19.4. The SMILES string of the molecule is CC(C)(C)OC(=O)Nc1ccc(Cl)c(OCCOCCNC(=O)COc2cccc3c2C(=O)N(C2CCC(=O)NC2=O)C3=O)c1.Nc1ccc(Cl)c(OCCOCCNC(=O)COc2cccc3c2C(=O)N(C2CCC(=O)NC2=O)C3=O)c1. The van der Waals surface area contributed by atoms with E-state index >= 15 is 0 Å². The number of benzene rings is 4. The quantitative estimate of drug-likeness (QED) is 0.0351. The Bertz CT molecular complexity index is 3210. The van der Waals surface area contributed by atoms with Gasteiger partial charge in [0, 0.05) is 49.4 Å². The third-order valence-electron chi connectivity index (χ3n) is 12.2. The highest BCUT2D eigenvalue weighted by Gasteiger charge is 2.47. The van der Waals surface area contributed by atoms with Gasteiger partial charge >= 0.3 is 6.09 Å². The van der Waals surface area contributed by atoms with Crippen LogP contribution >= 0.6 is 23.2 Å². The summed E-state index contributed by atoms with van der Waals surface area (Å²) < 4.78 is 38.3. The minimum absolute atomic E-state index is 0.00138. The maximum atomic E-state index is 13.1. The summed E-state index contributed by atoms with van der Waals surface area (Å²) in [4.78, 5) is 138. The summed E-state index contributed by atoms with van der Waals surface area (Å²) in [6.45, 7) is 5.99. The van der Waals surface area contributed by atoms with Crippen LogP contribution in [0.15, 0.2) is 72.8 Å². The molecule has 28 heteroatoms. The molecule has 7 N–H and O–H groups in total. The first kappa shape index (κ1) is 61.8. The number of carbonyl (C=O) groups excluding carboxylic acids is 11. The first-order chi connectivity index (χ1) is 39.6. The molecule has 26 nitrogen and oxygen atoms in total. The van der Waals surface area contributed by atoms with Gasteiger partial charge in [-0.05, 0) is 82.1 Å². The molecule has 2 saturated heterocycles. The third-order valence-corrected chi connectivity index (χ3v) is 12.8. The van der Waals surface area contributed by atoms with Crippen molar-refractivity contribution in [1.82, 2.24) is 31.1 Å². The minimum Gasteiger partial charge on any atom is -0.490 e. The maximum absolute atomic E-state index is 13.1. The summed E-state index contributed by atoms with van der Waals surface area (Å²) >= 11 is 12.2. The topological polar surface area (TPSA) is 345 Å². The van der Waals surface area contributed by atoms with Crippen LogP contribution in [-0.4, -0.2) is 159 Å². The van der Waals surface area contributed by atoms with Gasteiger partial charge in [-0.3, -0.25) is 73.7 Å².